The van der Waals surface area contributed by atoms with Gasteiger partial charge in [0.1, 0.15) is 6.10 Å². The molecule has 1 saturated heterocycles. The van der Waals surface area contributed by atoms with Gasteiger partial charge in [-0.1, -0.05) is 5.21 Å². The molecule has 7 heteroatoms. The first-order chi connectivity index (χ1) is 9.60. The fourth-order valence-electron chi connectivity index (χ4n) is 2.79. The molecule has 1 atom stereocenters. The van der Waals surface area contributed by atoms with Gasteiger partial charge in [-0.05, 0) is 38.5 Å². The normalized spacial score (nSPS) is 23.4. The van der Waals surface area contributed by atoms with Gasteiger partial charge in [-0.15, -0.1) is 10.2 Å². The predicted molar refractivity (Wildman–Crippen MR) is 70.8 cm³/mol. The molecule has 110 valence electrons. The van der Waals surface area contributed by atoms with Crippen LogP contribution in [0.5, 0.6) is 0 Å². The second-order valence-corrected chi connectivity index (χ2v) is 6.21. The van der Waals surface area contributed by atoms with Gasteiger partial charge in [-0.2, -0.15) is 5.21 Å². The van der Waals surface area contributed by atoms with Crippen LogP contribution in [0.2, 0.25) is 0 Å². The Hall–Kier alpha value is -1.50. The molecule has 1 aliphatic heterocycles. The Morgan fingerprint density at radius 1 is 1.55 bits per heavy atom. The smallest absolute Gasteiger partial charge is 0.251 e. The molecule has 1 amide bonds. The number of amides is 1. The van der Waals surface area contributed by atoms with E-state index in [2.05, 4.69) is 20.6 Å². The molecule has 0 aromatic carbocycles. The third-order valence-electron chi connectivity index (χ3n) is 4.31. The monoisotopic (exact) mass is 279 g/mol. The summed E-state index contributed by atoms with van der Waals surface area (Å²) in [5.74, 6) is 0.738. The van der Waals surface area contributed by atoms with Crippen molar-refractivity contribution in [1.29, 1.82) is 0 Å². The first kappa shape index (κ1) is 13.5. The van der Waals surface area contributed by atoms with Crippen LogP contribution in [0.3, 0.4) is 0 Å². The lowest BCUT2D eigenvalue weighted by atomic mass is 10.0. The van der Waals surface area contributed by atoms with E-state index >= 15 is 0 Å². The average molecular weight is 279 g/mol. The molecule has 20 heavy (non-hydrogen) atoms. The number of hydrogen-bond acceptors (Lipinski definition) is 5. The van der Waals surface area contributed by atoms with Crippen molar-refractivity contribution in [3.05, 3.63) is 5.82 Å². The molecule has 1 aliphatic carbocycles. The molecular weight excluding hydrogens is 258 g/mol. The highest BCUT2D eigenvalue weighted by Gasteiger charge is 2.51. The minimum absolute atomic E-state index is 0.104. The number of H-pyrrole nitrogens is 1. The number of tetrazole rings is 1. The van der Waals surface area contributed by atoms with Crippen molar-refractivity contribution < 1.29 is 9.53 Å². The van der Waals surface area contributed by atoms with E-state index in [-0.39, 0.29) is 18.1 Å². The summed E-state index contributed by atoms with van der Waals surface area (Å²) < 4.78 is 5.72. The molecule has 2 heterocycles. The van der Waals surface area contributed by atoms with Crippen molar-refractivity contribution in [2.45, 2.75) is 51.7 Å². The van der Waals surface area contributed by atoms with Crippen molar-refractivity contribution in [1.82, 2.24) is 25.5 Å². The van der Waals surface area contributed by atoms with Crippen LogP contribution in [0.4, 0.5) is 0 Å². The van der Waals surface area contributed by atoms with E-state index in [1.165, 1.54) is 12.8 Å². The van der Waals surface area contributed by atoms with Crippen LogP contribution >= 0.6 is 0 Å². The van der Waals surface area contributed by atoms with Gasteiger partial charge >= 0.3 is 0 Å². The zero-order chi connectivity index (χ0) is 14.2. The topological polar surface area (TPSA) is 84.0 Å². The molecule has 1 spiro atoms. The maximum absolute atomic E-state index is 12.6. The molecule has 1 aromatic rings. The third-order valence-corrected chi connectivity index (χ3v) is 4.31. The van der Waals surface area contributed by atoms with Crippen molar-refractivity contribution in [3.8, 4) is 0 Å². The van der Waals surface area contributed by atoms with Gasteiger partial charge in [-0.25, -0.2) is 0 Å². The molecule has 7 nitrogen and oxygen atoms in total. The van der Waals surface area contributed by atoms with E-state index in [1.807, 2.05) is 18.7 Å². The summed E-state index contributed by atoms with van der Waals surface area (Å²) in [6.07, 6.45) is 3.66. The fraction of sp³-hybridized carbons (Fsp3) is 0.846. The minimum Gasteiger partial charge on any atom is -0.368 e. The number of carbonyl (C=O) groups excluding carboxylic acids is 1. The lowest BCUT2D eigenvalue weighted by Gasteiger charge is -2.28. The summed E-state index contributed by atoms with van der Waals surface area (Å²) in [7, 11) is 0. The highest BCUT2D eigenvalue weighted by Crippen LogP contribution is 2.54. The number of aromatic amines is 1. The van der Waals surface area contributed by atoms with Crippen LogP contribution in [0, 0.1) is 5.41 Å². The van der Waals surface area contributed by atoms with Gasteiger partial charge < -0.3 is 9.64 Å². The van der Waals surface area contributed by atoms with E-state index in [1.54, 1.807) is 0 Å². The second kappa shape index (κ2) is 5.12. The number of hydrogen-bond donors (Lipinski definition) is 1. The van der Waals surface area contributed by atoms with Gasteiger partial charge in [0.2, 0.25) is 0 Å². The Bertz CT molecular complexity index is 469. The van der Waals surface area contributed by atoms with Crippen LogP contribution in [0.15, 0.2) is 0 Å². The Morgan fingerprint density at radius 3 is 2.90 bits per heavy atom. The van der Waals surface area contributed by atoms with Crippen molar-refractivity contribution in [2.24, 2.45) is 5.41 Å². The summed E-state index contributed by atoms with van der Waals surface area (Å²) in [5, 5.41) is 13.8. The predicted octanol–water partition coefficient (Wildman–Crippen LogP) is 0.548. The largest absolute Gasteiger partial charge is 0.368 e. The first-order valence-corrected chi connectivity index (χ1v) is 7.24. The van der Waals surface area contributed by atoms with Crippen LogP contribution < -0.4 is 0 Å². The van der Waals surface area contributed by atoms with Gasteiger partial charge in [-0.3, -0.25) is 4.79 Å². The number of ether oxygens (including phenoxy) is 1. The van der Waals surface area contributed by atoms with E-state index < -0.39 is 0 Å². The summed E-state index contributed by atoms with van der Waals surface area (Å²) >= 11 is 0. The van der Waals surface area contributed by atoms with Crippen LogP contribution in [0.25, 0.3) is 0 Å². The highest BCUT2D eigenvalue weighted by atomic mass is 16.5. The summed E-state index contributed by atoms with van der Waals surface area (Å²) in [6, 6.07) is 0.147. The van der Waals surface area contributed by atoms with Gasteiger partial charge in [0, 0.05) is 19.0 Å². The standard InChI is InChI=1S/C13H21N5O2/c1-9(2)18(6-3-11-14-16-17-15-11)12(19)10-7-13(4-5-13)8-20-10/h9-10H,3-8H2,1-2H3,(H,14,15,16,17). The lowest BCUT2D eigenvalue weighted by molar-refractivity contribution is -0.142. The number of rotatable bonds is 5. The SMILES string of the molecule is CC(C)N(CCc1nn[nH]n1)C(=O)C1CC2(CC2)CO1. The second-order valence-electron chi connectivity index (χ2n) is 6.21. The van der Waals surface area contributed by atoms with Crippen molar-refractivity contribution in [3.63, 3.8) is 0 Å². The number of nitrogens with zero attached hydrogens (tertiary/aromatic N) is 4. The highest BCUT2D eigenvalue weighted by molar-refractivity contribution is 5.81. The Morgan fingerprint density at radius 2 is 2.35 bits per heavy atom. The third kappa shape index (κ3) is 2.67. The van der Waals surface area contributed by atoms with Gasteiger partial charge in [0.25, 0.3) is 5.91 Å². The molecule has 0 radical (unpaired) electrons. The number of nitrogens with one attached hydrogen (secondary N) is 1. The molecule has 0 bridgehead atoms. The molecule has 1 unspecified atom stereocenters. The van der Waals surface area contributed by atoms with Gasteiger partial charge in [0.05, 0.1) is 6.61 Å². The van der Waals surface area contributed by atoms with E-state index in [0.717, 1.165) is 13.0 Å². The molecule has 1 aromatic heterocycles. The van der Waals surface area contributed by atoms with Crippen LogP contribution in [0.1, 0.15) is 38.9 Å². The zero-order valence-corrected chi connectivity index (χ0v) is 12.0. The molecular formula is C13H21N5O2. The van der Waals surface area contributed by atoms with E-state index in [4.69, 9.17) is 4.74 Å². The molecule has 3 rings (SSSR count). The number of aromatic nitrogens is 4. The van der Waals surface area contributed by atoms with E-state index in [0.29, 0.717) is 24.2 Å². The Labute approximate surface area is 118 Å². The molecule has 1 saturated carbocycles. The van der Waals surface area contributed by atoms with Crippen LogP contribution in [-0.2, 0) is 16.0 Å². The average Bonchev–Trinajstić information content (AvgIpc) is 2.83. The van der Waals surface area contributed by atoms with E-state index in [9.17, 15) is 4.79 Å². The lowest BCUT2D eigenvalue weighted by Crippen LogP contribution is -2.44. The van der Waals surface area contributed by atoms with Crippen LogP contribution in [-0.4, -0.2) is 56.7 Å². The van der Waals surface area contributed by atoms with Crippen molar-refractivity contribution in [2.75, 3.05) is 13.2 Å². The first-order valence-electron chi connectivity index (χ1n) is 7.24. The number of carbonyl (C=O) groups is 1. The summed E-state index contributed by atoms with van der Waals surface area (Å²) in [6.45, 7) is 5.40. The molecule has 2 aliphatic rings. The Balaban J connectivity index is 1.59. The maximum atomic E-state index is 12.6. The maximum Gasteiger partial charge on any atom is 0.251 e. The summed E-state index contributed by atoms with van der Waals surface area (Å²) in [4.78, 5) is 14.5. The molecule has 1 N–H and O–H groups in total. The van der Waals surface area contributed by atoms with Gasteiger partial charge in [0.15, 0.2) is 5.82 Å². The molecule has 2 fully saturated rings. The fourth-order valence-corrected chi connectivity index (χ4v) is 2.79. The quantitative estimate of drug-likeness (QED) is 0.851. The Kier molecular flexibility index (Phi) is 3.45. The summed E-state index contributed by atoms with van der Waals surface area (Å²) in [5.41, 5.74) is 0.330. The van der Waals surface area contributed by atoms with Crippen molar-refractivity contribution >= 4 is 5.91 Å². The minimum atomic E-state index is -0.259. The zero-order valence-electron chi connectivity index (χ0n) is 12.0.